The van der Waals surface area contributed by atoms with Gasteiger partial charge in [0.05, 0.1) is 10.6 Å². The van der Waals surface area contributed by atoms with Gasteiger partial charge in [0.15, 0.2) is 0 Å². The van der Waals surface area contributed by atoms with Crippen LogP contribution in [0.4, 0.5) is 13.2 Å². The lowest BCUT2D eigenvalue weighted by molar-refractivity contribution is -0.137. The van der Waals surface area contributed by atoms with E-state index in [0.29, 0.717) is 5.56 Å². The van der Waals surface area contributed by atoms with E-state index in [4.69, 9.17) is 17.3 Å². The van der Waals surface area contributed by atoms with Gasteiger partial charge in [0, 0.05) is 18.1 Å². The molecule has 1 atom stereocenters. The highest BCUT2D eigenvalue weighted by Crippen LogP contribution is 2.38. The Morgan fingerprint density at radius 3 is 2.26 bits per heavy atom. The van der Waals surface area contributed by atoms with Crippen molar-refractivity contribution in [2.75, 3.05) is 6.61 Å². The molecule has 19 heavy (non-hydrogen) atoms. The van der Waals surface area contributed by atoms with Gasteiger partial charge in [-0.2, -0.15) is 13.2 Å². The minimum absolute atomic E-state index is 0. The number of aliphatic hydroxyl groups is 1. The van der Waals surface area contributed by atoms with E-state index in [1.165, 1.54) is 12.1 Å². The summed E-state index contributed by atoms with van der Waals surface area (Å²) >= 11 is 5.52. The van der Waals surface area contributed by atoms with Crippen LogP contribution in [-0.4, -0.2) is 11.7 Å². The molecule has 1 aromatic carbocycles. The first-order chi connectivity index (χ1) is 8.09. The van der Waals surface area contributed by atoms with Gasteiger partial charge < -0.3 is 10.8 Å². The molecular formula is C12H16Cl2F3NO. The Morgan fingerprint density at radius 2 is 1.84 bits per heavy atom. The second kappa shape index (κ2) is 6.31. The summed E-state index contributed by atoms with van der Waals surface area (Å²) in [6.07, 6.45) is -4.52. The van der Waals surface area contributed by atoms with Crippen molar-refractivity contribution in [3.05, 3.63) is 34.3 Å². The summed E-state index contributed by atoms with van der Waals surface area (Å²) in [7, 11) is 0. The molecular weight excluding hydrogens is 302 g/mol. The van der Waals surface area contributed by atoms with Gasteiger partial charge >= 0.3 is 6.18 Å². The quantitative estimate of drug-likeness (QED) is 0.890. The van der Waals surface area contributed by atoms with Gasteiger partial charge in [0.2, 0.25) is 0 Å². The maximum absolute atomic E-state index is 12.7. The molecule has 0 radical (unpaired) electrons. The van der Waals surface area contributed by atoms with Crippen molar-refractivity contribution in [2.45, 2.75) is 26.1 Å². The highest BCUT2D eigenvalue weighted by Gasteiger charge is 2.35. The summed E-state index contributed by atoms with van der Waals surface area (Å²) in [6, 6.07) is 2.85. The first kappa shape index (κ1) is 18.5. The fraction of sp³-hybridized carbons (Fsp3) is 0.500. The van der Waals surface area contributed by atoms with Gasteiger partial charge in [-0.05, 0) is 17.7 Å². The summed E-state index contributed by atoms with van der Waals surface area (Å²) < 4.78 is 38.1. The number of alkyl halides is 3. The molecule has 0 saturated carbocycles. The summed E-state index contributed by atoms with van der Waals surface area (Å²) in [6.45, 7) is 3.14. The number of hydrogen-bond donors (Lipinski definition) is 2. The van der Waals surface area contributed by atoms with Crippen LogP contribution in [0.15, 0.2) is 18.2 Å². The van der Waals surface area contributed by atoms with E-state index in [2.05, 4.69) is 0 Å². The van der Waals surface area contributed by atoms with Crippen molar-refractivity contribution in [1.82, 2.24) is 0 Å². The van der Waals surface area contributed by atoms with Gasteiger partial charge in [0.1, 0.15) is 0 Å². The average molecular weight is 318 g/mol. The van der Waals surface area contributed by atoms with Crippen LogP contribution in [0.1, 0.15) is 31.0 Å². The molecule has 3 N–H and O–H groups in total. The van der Waals surface area contributed by atoms with Gasteiger partial charge in [-0.3, -0.25) is 0 Å². The molecule has 0 unspecified atom stereocenters. The third-order valence-electron chi connectivity index (χ3n) is 2.90. The third-order valence-corrected chi connectivity index (χ3v) is 3.23. The monoisotopic (exact) mass is 317 g/mol. The SMILES string of the molecule is CC(C)(CO)[C@@H](N)c1ccc(Cl)c(C(F)(F)F)c1.Cl. The first-order valence-electron chi connectivity index (χ1n) is 5.32. The number of benzene rings is 1. The van der Waals surface area contributed by atoms with Crippen LogP contribution in [-0.2, 0) is 6.18 Å². The van der Waals surface area contributed by atoms with Crippen molar-refractivity contribution in [2.24, 2.45) is 11.1 Å². The van der Waals surface area contributed by atoms with Crippen LogP contribution >= 0.6 is 24.0 Å². The van der Waals surface area contributed by atoms with Gasteiger partial charge in [0.25, 0.3) is 0 Å². The molecule has 0 saturated heterocycles. The fourth-order valence-electron chi connectivity index (χ4n) is 1.50. The molecule has 0 amide bonds. The van der Waals surface area contributed by atoms with Crippen molar-refractivity contribution in [3.8, 4) is 0 Å². The zero-order chi connectivity index (χ0) is 14.1. The molecule has 0 aliphatic rings. The molecule has 1 rings (SSSR count). The Hall–Kier alpha value is -0.490. The Bertz CT molecular complexity index is 435. The van der Waals surface area contributed by atoms with Gasteiger partial charge in [-0.25, -0.2) is 0 Å². The van der Waals surface area contributed by atoms with E-state index in [-0.39, 0.29) is 24.0 Å². The Labute approximate surface area is 121 Å². The van der Waals surface area contributed by atoms with E-state index >= 15 is 0 Å². The molecule has 0 heterocycles. The maximum atomic E-state index is 12.7. The van der Waals surface area contributed by atoms with Crippen molar-refractivity contribution in [1.29, 1.82) is 0 Å². The Balaban J connectivity index is 0.00000324. The zero-order valence-corrected chi connectivity index (χ0v) is 12.0. The molecule has 0 aliphatic carbocycles. The summed E-state index contributed by atoms with van der Waals surface area (Å²) in [4.78, 5) is 0. The van der Waals surface area contributed by atoms with E-state index in [1.54, 1.807) is 13.8 Å². The minimum atomic E-state index is -4.52. The minimum Gasteiger partial charge on any atom is -0.396 e. The van der Waals surface area contributed by atoms with Gasteiger partial charge in [-0.15, -0.1) is 12.4 Å². The van der Waals surface area contributed by atoms with E-state index in [0.717, 1.165) is 6.07 Å². The Morgan fingerprint density at radius 1 is 1.32 bits per heavy atom. The largest absolute Gasteiger partial charge is 0.417 e. The molecule has 0 aromatic heterocycles. The van der Waals surface area contributed by atoms with E-state index in [9.17, 15) is 18.3 Å². The second-order valence-corrected chi connectivity index (χ2v) is 5.27. The lowest BCUT2D eigenvalue weighted by Crippen LogP contribution is -2.32. The smallest absolute Gasteiger partial charge is 0.396 e. The van der Waals surface area contributed by atoms with Crippen LogP contribution in [0.2, 0.25) is 5.02 Å². The maximum Gasteiger partial charge on any atom is 0.417 e. The fourth-order valence-corrected chi connectivity index (χ4v) is 1.73. The predicted octanol–water partition coefficient (Wildman–Crippen LogP) is 3.80. The molecule has 0 aliphatic heterocycles. The number of aliphatic hydroxyl groups excluding tert-OH is 1. The molecule has 0 spiro atoms. The lowest BCUT2D eigenvalue weighted by Gasteiger charge is -2.30. The summed E-state index contributed by atoms with van der Waals surface area (Å²) in [5, 5.41) is 8.82. The van der Waals surface area contributed by atoms with Crippen LogP contribution in [0.25, 0.3) is 0 Å². The third kappa shape index (κ3) is 4.24. The number of halogens is 5. The highest BCUT2D eigenvalue weighted by molar-refractivity contribution is 6.31. The van der Waals surface area contributed by atoms with E-state index < -0.39 is 23.2 Å². The average Bonchev–Trinajstić information content (AvgIpc) is 2.27. The molecule has 7 heteroatoms. The summed E-state index contributed by atoms with van der Waals surface area (Å²) in [5.41, 5.74) is 4.55. The zero-order valence-electron chi connectivity index (χ0n) is 10.5. The van der Waals surface area contributed by atoms with Crippen molar-refractivity contribution < 1.29 is 18.3 Å². The Kier molecular flexibility index (Phi) is 6.14. The van der Waals surface area contributed by atoms with E-state index in [1.807, 2.05) is 0 Å². The molecule has 110 valence electrons. The van der Waals surface area contributed by atoms with Crippen molar-refractivity contribution in [3.63, 3.8) is 0 Å². The molecule has 0 bridgehead atoms. The first-order valence-corrected chi connectivity index (χ1v) is 5.70. The molecule has 2 nitrogen and oxygen atoms in total. The molecule has 1 aromatic rings. The number of nitrogens with two attached hydrogens (primary N) is 1. The normalized spacial score (nSPS) is 13.9. The van der Waals surface area contributed by atoms with Crippen LogP contribution in [0, 0.1) is 5.41 Å². The highest BCUT2D eigenvalue weighted by atomic mass is 35.5. The van der Waals surface area contributed by atoms with Crippen LogP contribution < -0.4 is 5.73 Å². The topological polar surface area (TPSA) is 46.2 Å². The lowest BCUT2D eigenvalue weighted by atomic mass is 9.81. The standard InChI is InChI=1S/C12H15ClF3NO.ClH/c1-11(2,6-18)10(17)7-3-4-9(13)8(5-7)12(14,15)16;/h3-5,10,18H,6,17H2,1-2H3;1H/t10-;/m0./s1. The van der Waals surface area contributed by atoms with Crippen LogP contribution in [0.5, 0.6) is 0 Å². The number of rotatable bonds is 3. The van der Waals surface area contributed by atoms with Crippen LogP contribution in [0.3, 0.4) is 0 Å². The second-order valence-electron chi connectivity index (χ2n) is 4.86. The number of hydrogen-bond acceptors (Lipinski definition) is 2. The predicted molar refractivity (Wildman–Crippen MR) is 71.5 cm³/mol. The summed E-state index contributed by atoms with van der Waals surface area (Å²) in [5.74, 6) is 0. The molecule has 0 fully saturated rings. The van der Waals surface area contributed by atoms with Crippen molar-refractivity contribution >= 4 is 24.0 Å². The van der Waals surface area contributed by atoms with Gasteiger partial charge in [-0.1, -0.05) is 31.5 Å².